The summed E-state index contributed by atoms with van der Waals surface area (Å²) in [6.07, 6.45) is 1.10. The SMILES string of the molecule is CC1CC(C)CN(C(=O)C(C)NC(=O)c2cccc([N+](=O)[O-])c2)C1. The molecule has 1 heterocycles. The van der Waals surface area contributed by atoms with Crippen LogP contribution in [0.2, 0.25) is 0 Å². The molecule has 7 heteroatoms. The molecule has 1 fully saturated rings. The predicted molar refractivity (Wildman–Crippen MR) is 89.5 cm³/mol. The third-order valence-corrected chi connectivity index (χ3v) is 4.22. The van der Waals surface area contributed by atoms with Crippen LogP contribution < -0.4 is 5.32 Å². The van der Waals surface area contributed by atoms with Crippen molar-refractivity contribution < 1.29 is 14.5 Å². The van der Waals surface area contributed by atoms with Gasteiger partial charge in [0.1, 0.15) is 6.04 Å². The Bertz CT molecular complexity index is 636. The van der Waals surface area contributed by atoms with E-state index in [1.807, 2.05) is 0 Å². The Labute approximate surface area is 141 Å². The number of carbonyl (C=O) groups excluding carboxylic acids is 2. The normalized spacial score (nSPS) is 21.9. The first-order valence-electron chi connectivity index (χ1n) is 8.12. The summed E-state index contributed by atoms with van der Waals surface area (Å²) in [4.78, 5) is 36.8. The van der Waals surface area contributed by atoms with Gasteiger partial charge in [-0.15, -0.1) is 0 Å². The van der Waals surface area contributed by atoms with Crippen LogP contribution in [-0.2, 0) is 4.79 Å². The van der Waals surface area contributed by atoms with Crippen LogP contribution >= 0.6 is 0 Å². The molecule has 0 saturated carbocycles. The number of hydrogen-bond donors (Lipinski definition) is 1. The van der Waals surface area contributed by atoms with Crippen LogP contribution in [0.4, 0.5) is 5.69 Å². The topological polar surface area (TPSA) is 92.6 Å². The van der Waals surface area contributed by atoms with Crippen LogP contribution in [0.5, 0.6) is 0 Å². The van der Waals surface area contributed by atoms with Gasteiger partial charge < -0.3 is 10.2 Å². The Hall–Kier alpha value is -2.44. The summed E-state index contributed by atoms with van der Waals surface area (Å²) in [5.74, 6) is 0.277. The van der Waals surface area contributed by atoms with Crippen LogP contribution in [0.3, 0.4) is 0 Å². The number of nitrogens with one attached hydrogen (secondary N) is 1. The molecule has 0 aromatic heterocycles. The molecule has 2 amide bonds. The summed E-state index contributed by atoms with van der Waals surface area (Å²) in [7, 11) is 0. The van der Waals surface area contributed by atoms with Crippen molar-refractivity contribution in [2.45, 2.75) is 33.2 Å². The van der Waals surface area contributed by atoms with Gasteiger partial charge >= 0.3 is 0 Å². The lowest BCUT2D eigenvalue weighted by molar-refractivity contribution is -0.384. The molecule has 1 aromatic rings. The molecular formula is C17H23N3O4. The van der Waals surface area contributed by atoms with E-state index in [9.17, 15) is 19.7 Å². The predicted octanol–water partition coefficient (Wildman–Crippen LogP) is 2.22. The standard InChI is InChI=1S/C17H23N3O4/c1-11-7-12(2)10-19(9-11)17(22)13(3)18-16(21)14-5-4-6-15(8-14)20(23)24/h4-6,8,11-13H,7,9-10H2,1-3H3,(H,18,21). The lowest BCUT2D eigenvalue weighted by atomic mass is 9.91. The minimum atomic E-state index is -0.672. The minimum absolute atomic E-state index is 0.118. The van der Waals surface area contributed by atoms with Crippen molar-refractivity contribution in [1.82, 2.24) is 10.2 Å². The zero-order chi connectivity index (χ0) is 17.9. The maximum atomic E-state index is 12.5. The lowest BCUT2D eigenvalue weighted by Gasteiger charge is -2.36. The highest BCUT2D eigenvalue weighted by molar-refractivity contribution is 5.97. The number of likely N-dealkylation sites (tertiary alicyclic amines) is 1. The van der Waals surface area contributed by atoms with E-state index in [1.54, 1.807) is 11.8 Å². The van der Waals surface area contributed by atoms with Crippen molar-refractivity contribution in [2.24, 2.45) is 11.8 Å². The number of nitro benzene ring substituents is 1. The third kappa shape index (κ3) is 4.31. The molecule has 3 atom stereocenters. The molecule has 24 heavy (non-hydrogen) atoms. The van der Waals surface area contributed by atoms with Gasteiger partial charge in [0.05, 0.1) is 4.92 Å². The smallest absolute Gasteiger partial charge is 0.270 e. The van der Waals surface area contributed by atoms with E-state index in [1.165, 1.54) is 24.3 Å². The van der Waals surface area contributed by atoms with Gasteiger partial charge in [-0.3, -0.25) is 19.7 Å². The van der Waals surface area contributed by atoms with Gasteiger partial charge in [0, 0.05) is 30.8 Å². The first-order valence-corrected chi connectivity index (χ1v) is 8.12. The van der Waals surface area contributed by atoms with Crippen LogP contribution in [0.15, 0.2) is 24.3 Å². The van der Waals surface area contributed by atoms with Crippen molar-refractivity contribution in [1.29, 1.82) is 0 Å². The summed E-state index contributed by atoms with van der Waals surface area (Å²) < 4.78 is 0. The third-order valence-electron chi connectivity index (χ3n) is 4.22. The highest BCUT2D eigenvalue weighted by Crippen LogP contribution is 2.21. The first kappa shape index (κ1) is 17.9. The highest BCUT2D eigenvalue weighted by Gasteiger charge is 2.29. The second kappa shape index (κ2) is 7.42. The van der Waals surface area contributed by atoms with E-state index in [4.69, 9.17) is 0 Å². The van der Waals surface area contributed by atoms with Gasteiger partial charge in [0.2, 0.25) is 5.91 Å². The fraction of sp³-hybridized carbons (Fsp3) is 0.529. The Morgan fingerprint density at radius 2 is 1.92 bits per heavy atom. The summed E-state index contributed by atoms with van der Waals surface area (Å²) >= 11 is 0. The quantitative estimate of drug-likeness (QED) is 0.675. The Morgan fingerprint density at radius 3 is 2.50 bits per heavy atom. The van der Waals surface area contributed by atoms with Crippen molar-refractivity contribution in [3.63, 3.8) is 0 Å². The molecule has 3 unspecified atom stereocenters. The number of nitro groups is 1. The summed E-state index contributed by atoms with van der Waals surface area (Å²) in [6, 6.07) is 4.80. The van der Waals surface area contributed by atoms with E-state index < -0.39 is 16.9 Å². The summed E-state index contributed by atoms with van der Waals surface area (Å²) in [5.41, 5.74) is 0.0181. The lowest BCUT2D eigenvalue weighted by Crippen LogP contribution is -2.51. The van der Waals surface area contributed by atoms with Crippen LogP contribution in [0.1, 0.15) is 37.6 Å². The number of benzene rings is 1. The number of carbonyl (C=O) groups is 2. The minimum Gasteiger partial charge on any atom is -0.341 e. The van der Waals surface area contributed by atoms with Crippen molar-refractivity contribution in [3.8, 4) is 0 Å². The molecule has 0 aliphatic carbocycles. The highest BCUT2D eigenvalue weighted by atomic mass is 16.6. The molecule has 0 spiro atoms. The molecule has 1 N–H and O–H groups in total. The molecule has 0 radical (unpaired) electrons. The fourth-order valence-electron chi connectivity index (χ4n) is 3.22. The second-order valence-electron chi connectivity index (χ2n) is 6.69. The van der Waals surface area contributed by atoms with Crippen LogP contribution in [0, 0.1) is 22.0 Å². The van der Waals surface area contributed by atoms with Crippen molar-refractivity contribution in [3.05, 3.63) is 39.9 Å². The zero-order valence-corrected chi connectivity index (χ0v) is 14.2. The van der Waals surface area contributed by atoms with Gasteiger partial charge in [-0.2, -0.15) is 0 Å². The molecule has 0 bridgehead atoms. The van der Waals surface area contributed by atoms with Crippen LogP contribution in [-0.4, -0.2) is 40.8 Å². The Morgan fingerprint density at radius 1 is 1.29 bits per heavy atom. The molecule has 7 nitrogen and oxygen atoms in total. The van der Waals surface area contributed by atoms with Gasteiger partial charge in [-0.25, -0.2) is 0 Å². The molecule has 1 saturated heterocycles. The van der Waals surface area contributed by atoms with E-state index in [0.717, 1.165) is 6.42 Å². The fourth-order valence-corrected chi connectivity index (χ4v) is 3.22. The molecule has 1 aromatic carbocycles. The number of piperidine rings is 1. The number of hydrogen-bond acceptors (Lipinski definition) is 4. The largest absolute Gasteiger partial charge is 0.341 e. The van der Waals surface area contributed by atoms with Gasteiger partial charge in [0.25, 0.3) is 11.6 Å². The summed E-state index contributed by atoms with van der Waals surface area (Å²) in [5, 5.41) is 13.4. The number of rotatable bonds is 4. The van der Waals surface area contributed by atoms with Gasteiger partial charge in [-0.1, -0.05) is 19.9 Å². The average Bonchev–Trinajstić information content (AvgIpc) is 2.53. The molecular weight excluding hydrogens is 310 g/mol. The van der Waals surface area contributed by atoms with E-state index in [2.05, 4.69) is 19.2 Å². The zero-order valence-electron chi connectivity index (χ0n) is 14.2. The average molecular weight is 333 g/mol. The summed E-state index contributed by atoms with van der Waals surface area (Å²) in [6.45, 7) is 7.26. The van der Waals surface area contributed by atoms with E-state index in [0.29, 0.717) is 24.9 Å². The number of non-ortho nitro benzene ring substituents is 1. The molecule has 130 valence electrons. The van der Waals surface area contributed by atoms with Gasteiger partial charge in [0.15, 0.2) is 0 Å². The monoisotopic (exact) mass is 333 g/mol. The Kier molecular flexibility index (Phi) is 5.54. The maximum Gasteiger partial charge on any atom is 0.270 e. The van der Waals surface area contributed by atoms with Crippen LogP contribution in [0.25, 0.3) is 0 Å². The first-order chi connectivity index (χ1) is 11.3. The molecule has 2 rings (SSSR count). The molecule has 1 aliphatic rings. The van der Waals surface area contributed by atoms with Crippen molar-refractivity contribution >= 4 is 17.5 Å². The Balaban J connectivity index is 2.01. The number of amides is 2. The van der Waals surface area contributed by atoms with Gasteiger partial charge in [-0.05, 0) is 31.2 Å². The van der Waals surface area contributed by atoms with E-state index >= 15 is 0 Å². The van der Waals surface area contributed by atoms with E-state index in [-0.39, 0.29) is 17.2 Å². The maximum absolute atomic E-state index is 12.5. The number of nitrogens with zero attached hydrogens (tertiary/aromatic N) is 2. The molecule has 1 aliphatic heterocycles. The second-order valence-corrected chi connectivity index (χ2v) is 6.69. The van der Waals surface area contributed by atoms with Crippen molar-refractivity contribution in [2.75, 3.05) is 13.1 Å².